The minimum atomic E-state index is 0.210. The number of carbonyl (C=O) groups is 1. The molecule has 0 atom stereocenters. The van der Waals surface area contributed by atoms with Crippen LogP contribution < -0.4 is 10.6 Å². The van der Waals surface area contributed by atoms with Crippen molar-refractivity contribution in [3.8, 4) is 0 Å². The van der Waals surface area contributed by atoms with Crippen molar-refractivity contribution in [3.63, 3.8) is 0 Å². The maximum absolute atomic E-state index is 12.3. The summed E-state index contributed by atoms with van der Waals surface area (Å²) in [6.45, 7) is 2.70. The third-order valence-corrected chi connectivity index (χ3v) is 5.02. The molecule has 2 aliphatic rings. The van der Waals surface area contributed by atoms with Gasteiger partial charge in [-0.15, -0.1) is 0 Å². The number of carbonyl (C=O) groups excluding carboxylic acids is 1. The van der Waals surface area contributed by atoms with Crippen molar-refractivity contribution in [3.05, 3.63) is 47.5 Å². The third-order valence-electron chi connectivity index (χ3n) is 5.02. The Morgan fingerprint density at radius 2 is 1.91 bits per heavy atom. The molecule has 0 saturated heterocycles. The molecule has 1 saturated carbocycles. The summed E-state index contributed by atoms with van der Waals surface area (Å²) < 4.78 is 0. The van der Waals surface area contributed by atoms with Crippen molar-refractivity contribution < 1.29 is 4.79 Å². The van der Waals surface area contributed by atoms with Crippen LogP contribution in [0.2, 0.25) is 0 Å². The molecule has 1 aliphatic carbocycles. The van der Waals surface area contributed by atoms with Crippen LogP contribution in [0.4, 0.5) is 0 Å². The summed E-state index contributed by atoms with van der Waals surface area (Å²) in [5, 5.41) is 6.44. The zero-order valence-corrected chi connectivity index (χ0v) is 13.2. The largest absolute Gasteiger partial charge is 0.352 e. The van der Waals surface area contributed by atoms with Gasteiger partial charge in [0.15, 0.2) is 0 Å². The SMILES string of the molecule is O=C(NCC1=CCNCC1)C1CCC(c2ccccc2)CC1. The number of benzene rings is 1. The van der Waals surface area contributed by atoms with Gasteiger partial charge in [0.05, 0.1) is 0 Å². The van der Waals surface area contributed by atoms with E-state index in [1.165, 1.54) is 11.1 Å². The standard InChI is InChI=1S/C19H26N2O/c22-19(21-14-15-10-12-20-13-11-15)18-8-6-17(7-9-18)16-4-2-1-3-5-16/h1-5,10,17-18,20H,6-9,11-14H2,(H,21,22). The monoisotopic (exact) mass is 298 g/mol. The predicted molar refractivity (Wildman–Crippen MR) is 89.7 cm³/mol. The van der Waals surface area contributed by atoms with E-state index in [1.54, 1.807) is 0 Å². The molecular formula is C19H26N2O. The van der Waals surface area contributed by atoms with Gasteiger partial charge in [-0.05, 0) is 50.1 Å². The molecule has 1 aromatic rings. The van der Waals surface area contributed by atoms with Crippen LogP contribution in [0.3, 0.4) is 0 Å². The van der Waals surface area contributed by atoms with Gasteiger partial charge >= 0.3 is 0 Å². The summed E-state index contributed by atoms with van der Waals surface area (Å²) in [5.74, 6) is 1.10. The smallest absolute Gasteiger partial charge is 0.223 e. The Kier molecular flexibility index (Phi) is 5.28. The van der Waals surface area contributed by atoms with Crippen molar-refractivity contribution >= 4 is 5.91 Å². The second kappa shape index (κ2) is 7.59. The van der Waals surface area contributed by atoms with Crippen LogP contribution in [-0.4, -0.2) is 25.5 Å². The minimum Gasteiger partial charge on any atom is -0.352 e. The Morgan fingerprint density at radius 3 is 2.59 bits per heavy atom. The van der Waals surface area contributed by atoms with Gasteiger partial charge < -0.3 is 10.6 Å². The molecule has 1 aromatic carbocycles. The topological polar surface area (TPSA) is 41.1 Å². The number of hydrogen-bond acceptors (Lipinski definition) is 2. The van der Waals surface area contributed by atoms with Crippen LogP contribution in [0.25, 0.3) is 0 Å². The molecule has 0 spiro atoms. The fourth-order valence-corrected chi connectivity index (χ4v) is 3.59. The lowest BCUT2D eigenvalue weighted by Crippen LogP contribution is -2.35. The normalized spacial score (nSPS) is 25.4. The molecule has 0 unspecified atom stereocenters. The zero-order chi connectivity index (χ0) is 15.2. The minimum absolute atomic E-state index is 0.210. The van der Waals surface area contributed by atoms with Gasteiger partial charge in [-0.2, -0.15) is 0 Å². The first kappa shape index (κ1) is 15.3. The van der Waals surface area contributed by atoms with Gasteiger partial charge in [-0.25, -0.2) is 0 Å². The highest BCUT2D eigenvalue weighted by Crippen LogP contribution is 2.35. The highest BCUT2D eigenvalue weighted by Gasteiger charge is 2.26. The molecule has 3 rings (SSSR count). The molecule has 1 aliphatic heterocycles. The molecule has 118 valence electrons. The number of rotatable bonds is 4. The summed E-state index contributed by atoms with van der Waals surface area (Å²) >= 11 is 0. The third kappa shape index (κ3) is 3.98. The molecule has 0 radical (unpaired) electrons. The average Bonchev–Trinajstić information content (AvgIpc) is 2.61. The fraction of sp³-hybridized carbons (Fsp3) is 0.526. The van der Waals surface area contributed by atoms with Gasteiger partial charge in [-0.1, -0.05) is 42.0 Å². The summed E-state index contributed by atoms with van der Waals surface area (Å²) in [6.07, 6.45) is 7.57. The summed E-state index contributed by atoms with van der Waals surface area (Å²) in [5.41, 5.74) is 2.80. The van der Waals surface area contributed by atoms with E-state index in [0.29, 0.717) is 5.92 Å². The van der Waals surface area contributed by atoms with Crippen LogP contribution >= 0.6 is 0 Å². The van der Waals surface area contributed by atoms with E-state index < -0.39 is 0 Å². The first-order valence-electron chi connectivity index (χ1n) is 8.54. The van der Waals surface area contributed by atoms with Gasteiger partial charge in [0.1, 0.15) is 0 Å². The molecular weight excluding hydrogens is 272 g/mol. The molecule has 3 nitrogen and oxygen atoms in total. The average molecular weight is 298 g/mol. The first-order valence-corrected chi connectivity index (χ1v) is 8.54. The Hall–Kier alpha value is -1.61. The molecule has 22 heavy (non-hydrogen) atoms. The van der Waals surface area contributed by atoms with Gasteiger partial charge in [0, 0.05) is 19.0 Å². The molecule has 0 aromatic heterocycles. The van der Waals surface area contributed by atoms with Crippen molar-refractivity contribution in [2.24, 2.45) is 5.92 Å². The van der Waals surface area contributed by atoms with Crippen molar-refractivity contribution in [1.29, 1.82) is 0 Å². The van der Waals surface area contributed by atoms with E-state index >= 15 is 0 Å². The van der Waals surface area contributed by atoms with Gasteiger partial charge in [0.2, 0.25) is 5.91 Å². The zero-order valence-electron chi connectivity index (χ0n) is 13.2. The van der Waals surface area contributed by atoms with Crippen LogP contribution in [0.5, 0.6) is 0 Å². The first-order chi connectivity index (χ1) is 10.8. The van der Waals surface area contributed by atoms with E-state index in [4.69, 9.17) is 0 Å². The molecule has 2 N–H and O–H groups in total. The lowest BCUT2D eigenvalue weighted by molar-refractivity contribution is -0.125. The molecule has 3 heteroatoms. The summed E-state index contributed by atoms with van der Waals surface area (Å²) in [7, 11) is 0. The molecule has 1 fully saturated rings. The lowest BCUT2D eigenvalue weighted by Gasteiger charge is -2.28. The Labute approximate surface area is 133 Å². The highest BCUT2D eigenvalue weighted by atomic mass is 16.1. The predicted octanol–water partition coefficient (Wildman–Crippen LogP) is 3.00. The highest BCUT2D eigenvalue weighted by molar-refractivity contribution is 5.79. The maximum atomic E-state index is 12.3. The fourth-order valence-electron chi connectivity index (χ4n) is 3.59. The van der Waals surface area contributed by atoms with E-state index in [0.717, 1.165) is 51.7 Å². The number of hydrogen-bond donors (Lipinski definition) is 2. The number of amides is 1. The summed E-state index contributed by atoms with van der Waals surface area (Å²) in [6, 6.07) is 10.7. The molecule has 1 heterocycles. The quantitative estimate of drug-likeness (QED) is 0.839. The second-order valence-electron chi connectivity index (χ2n) is 6.49. The van der Waals surface area contributed by atoms with E-state index in [-0.39, 0.29) is 11.8 Å². The summed E-state index contributed by atoms with van der Waals surface area (Å²) in [4.78, 5) is 12.3. The van der Waals surface area contributed by atoms with E-state index in [2.05, 4.69) is 47.0 Å². The van der Waals surface area contributed by atoms with Crippen molar-refractivity contribution in [2.75, 3.05) is 19.6 Å². The lowest BCUT2D eigenvalue weighted by atomic mass is 9.78. The van der Waals surface area contributed by atoms with E-state index in [9.17, 15) is 4.79 Å². The molecule has 1 amide bonds. The van der Waals surface area contributed by atoms with Crippen LogP contribution in [0.1, 0.15) is 43.6 Å². The van der Waals surface area contributed by atoms with Crippen LogP contribution in [0, 0.1) is 5.92 Å². The Bertz CT molecular complexity index is 515. The van der Waals surface area contributed by atoms with Crippen LogP contribution in [0.15, 0.2) is 42.0 Å². The van der Waals surface area contributed by atoms with Crippen LogP contribution in [-0.2, 0) is 4.79 Å². The van der Waals surface area contributed by atoms with Gasteiger partial charge in [0.25, 0.3) is 0 Å². The van der Waals surface area contributed by atoms with Crippen molar-refractivity contribution in [1.82, 2.24) is 10.6 Å². The number of nitrogens with one attached hydrogen (secondary N) is 2. The maximum Gasteiger partial charge on any atom is 0.223 e. The second-order valence-corrected chi connectivity index (χ2v) is 6.49. The molecule has 0 bridgehead atoms. The van der Waals surface area contributed by atoms with Gasteiger partial charge in [-0.3, -0.25) is 4.79 Å². The van der Waals surface area contributed by atoms with Crippen molar-refractivity contribution in [2.45, 2.75) is 38.0 Å². The Balaban J connectivity index is 1.44. The van der Waals surface area contributed by atoms with E-state index in [1.807, 2.05) is 0 Å². The Morgan fingerprint density at radius 1 is 1.14 bits per heavy atom.